The van der Waals surface area contributed by atoms with Gasteiger partial charge in [0, 0.05) is 23.1 Å². The Kier molecular flexibility index (Phi) is 4.30. The van der Waals surface area contributed by atoms with Crippen molar-refractivity contribution in [3.05, 3.63) is 72.4 Å². The molecule has 4 heteroatoms. The molecule has 0 fully saturated rings. The van der Waals surface area contributed by atoms with Gasteiger partial charge >= 0.3 is 0 Å². The minimum absolute atomic E-state index is 0.601. The molecule has 3 aromatic rings. The maximum atomic E-state index is 4.54. The predicted molar refractivity (Wildman–Crippen MR) is 90.9 cm³/mol. The fraction of sp³-hybridized carbons (Fsp3) is 0.111. The van der Waals surface area contributed by atoms with Crippen LogP contribution in [0, 0.1) is 0 Å². The van der Waals surface area contributed by atoms with Crippen molar-refractivity contribution in [1.29, 1.82) is 0 Å². The maximum Gasteiger partial charge on any atom is 0.229 e. The average molecular weight is 290 g/mol. The summed E-state index contributed by atoms with van der Waals surface area (Å²) >= 11 is 0. The Labute approximate surface area is 130 Å². The summed E-state index contributed by atoms with van der Waals surface area (Å²) in [6, 6.07) is 21.9. The predicted octanol–water partition coefficient (Wildman–Crippen LogP) is 4.53. The van der Waals surface area contributed by atoms with Crippen LogP contribution in [0.25, 0.3) is 0 Å². The molecule has 1 heterocycles. The highest BCUT2D eigenvalue weighted by Crippen LogP contribution is 2.19. The summed E-state index contributed by atoms with van der Waals surface area (Å²) in [6.45, 7) is 2.08. The van der Waals surface area contributed by atoms with Crippen molar-refractivity contribution < 1.29 is 0 Å². The molecule has 0 saturated heterocycles. The number of nitrogens with one attached hydrogen (secondary N) is 2. The largest absolute Gasteiger partial charge is 0.340 e. The topological polar surface area (TPSA) is 49.8 Å². The van der Waals surface area contributed by atoms with Gasteiger partial charge in [0.15, 0.2) is 0 Å². The van der Waals surface area contributed by atoms with Crippen molar-refractivity contribution in [2.75, 3.05) is 10.6 Å². The van der Waals surface area contributed by atoms with Crippen LogP contribution in [0.1, 0.15) is 12.6 Å². The van der Waals surface area contributed by atoms with Gasteiger partial charge in [0.25, 0.3) is 0 Å². The molecule has 1 aromatic heterocycles. The van der Waals surface area contributed by atoms with Crippen molar-refractivity contribution >= 4 is 23.1 Å². The summed E-state index contributed by atoms with van der Waals surface area (Å²) in [5.74, 6) is 1.39. The lowest BCUT2D eigenvalue weighted by Gasteiger charge is -2.10. The third-order valence-electron chi connectivity index (χ3n) is 3.22. The molecular weight excluding hydrogens is 272 g/mol. The minimum atomic E-state index is 0.601. The quantitative estimate of drug-likeness (QED) is 0.725. The molecule has 0 unspecified atom stereocenters. The van der Waals surface area contributed by atoms with Gasteiger partial charge in [0.2, 0.25) is 5.95 Å². The highest BCUT2D eigenvalue weighted by molar-refractivity contribution is 5.60. The van der Waals surface area contributed by atoms with Crippen LogP contribution in [0.3, 0.4) is 0 Å². The molecule has 0 bridgehead atoms. The van der Waals surface area contributed by atoms with Crippen LogP contribution in [0.4, 0.5) is 23.1 Å². The van der Waals surface area contributed by atoms with E-state index in [0.717, 1.165) is 29.3 Å². The smallest absolute Gasteiger partial charge is 0.229 e. The van der Waals surface area contributed by atoms with E-state index in [1.807, 2.05) is 66.7 Å². The zero-order valence-electron chi connectivity index (χ0n) is 12.5. The second-order valence-corrected chi connectivity index (χ2v) is 4.90. The molecule has 0 aliphatic rings. The fourth-order valence-corrected chi connectivity index (χ4v) is 2.12. The molecule has 0 aliphatic heterocycles. The van der Waals surface area contributed by atoms with Crippen LogP contribution < -0.4 is 10.6 Å². The molecule has 0 atom stereocenters. The number of aryl methyl sites for hydroxylation is 1. The van der Waals surface area contributed by atoms with Crippen molar-refractivity contribution in [3.63, 3.8) is 0 Å². The first-order chi connectivity index (χ1) is 10.8. The van der Waals surface area contributed by atoms with Gasteiger partial charge < -0.3 is 10.6 Å². The van der Waals surface area contributed by atoms with Gasteiger partial charge in [-0.15, -0.1) is 0 Å². The van der Waals surface area contributed by atoms with Crippen LogP contribution in [0.15, 0.2) is 66.7 Å². The van der Waals surface area contributed by atoms with Gasteiger partial charge in [-0.25, -0.2) is 4.98 Å². The second-order valence-electron chi connectivity index (χ2n) is 4.90. The lowest BCUT2D eigenvalue weighted by atomic mass is 10.3. The van der Waals surface area contributed by atoms with Crippen molar-refractivity contribution in [3.8, 4) is 0 Å². The number of rotatable bonds is 5. The van der Waals surface area contributed by atoms with Gasteiger partial charge in [-0.1, -0.05) is 43.3 Å². The summed E-state index contributed by atoms with van der Waals surface area (Å²) in [7, 11) is 0. The van der Waals surface area contributed by atoms with Gasteiger partial charge in [0.05, 0.1) is 0 Å². The molecule has 22 heavy (non-hydrogen) atoms. The number of benzene rings is 2. The SMILES string of the molecule is CCc1cc(Nc2ccccc2)nc(Nc2ccccc2)n1. The number of para-hydroxylation sites is 2. The normalized spacial score (nSPS) is 10.2. The molecule has 2 aromatic carbocycles. The van der Waals surface area contributed by atoms with E-state index in [1.54, 1.807) is 0 Å². The standard InChI is InChI=1S/C18H18N4/c1-2-14-13-17(19-15-9-5-3-6-10-15)22-18(20-14)21-16-11-7-4-8-12-16/h3-13H,2H2,1H3,(H2,19,20,21,22). The van der Waals surface area contributed by atoms with E-state index in [1.165, 1.54) is 0 Å². The number of nitrogens with zero attached hydrogens (tertiary/aromatic N) is 2. The fourth-order valence-electron chi connectivity index (χ4n) is 2.12. The molecule has 0 amide bonds. The Bertz CT molecular complexity index is 667. The summed E-state index contributed by atoms with van der Waals surface area (Å²) < 4.78 is 0. The van der Waals surface area contributed by atoms with Gasteiger partial charge in [-0.2, -0.15) is 4.98 Å². The van der Waals surface area contributed by atoms with Crippen molar-refractivity contribution in [2.45, 2.75) is 13.3 Å². The molecule has 4 nitrogen and oxygen atoms in total. The molecule has 0 aliphatic carbocycles. The summed E-state index contributed by atoms with van der Waals surface area (Å²) in [5, 5.41) is 6.56. The van der Waals surface area contributed by atoms with E-state index in [4.69, 9.17) is 0 Å². The molecule has 110 valence electrons. The summed E-state index contributed by atoms with van der Waals surface area (Å²) in [4.78, 5) is 9.07. The first kappa shape index (κ1) is 14.1. The van der Waals surface area contributed by atoms with Crippen molar-refractivity contribution in [1.82, 2.24) is 9.97 Å². The number of hydrogen-bond donors (Lipinski definition) is 2. The van der Waals surface area contributed by atoms with Gasteiger partial charge in [-0.3, -0.25) is 0 Å². The first-order valence-electron chi connectivity index (χ1n) is 7.35. The van der Waals surface area contributed by atoms with E-state index >= 15 is 0 Å². The van der Waals surface area contributed by atoms with E-state index in [2.05, 4.69) is 27.5 Å². The highest BCUT2D eigenvalue weighted by Gasteiger charge is 2.04. The molecule has 0 saturated carbocycles. The van der Waals surface area contributed by atoms with Crippen LogP contribution in [-0.2, 0) is 6.42 Å². The van der Waals surface area contributed by atoms with Crippen LogP contribution in [0.2, 0.25) is 0 Å². The molecular formula is C18H18N4. The zero-order valence-corrected chi connectivity index (χ0v) is 12.5. The summed E-state index contributed by atoms with van der Waals surface area (Å²) in [5.41, 5.74) is 2.97. The Balaban J connectivity index is 1.86. The number of aromatic nitrogens is 2. The van der Waals surface area contributed by atoms with Crippen LogP contribution >= 0.6 is 0 Å². The lowest BCUT2D eigenvalue weighted by molar-refractivity contribution is 1.01. The first-order valence-corrected chi connectivity index (χ1v) is 7.35. The Morgan fingerprint density at radius 1 is 0.773 bits per heavy atom. The molecule has 2 N–H and O–H groups in total. The monoisotopic (exact) mass is 290 g/mol. The Morgan fingerprint density at radius 2 is 1.36 bits per heavy atom. The van der Waals surface area contributed by atoms with E-state index in [9.17, 15) is 0 Å². The van der Waals surface area contributed by atoms with Crippen LogP contribution in [-0.4, -0.2) is 9.97 Å². The van der Waals surface area contributed by atoms with Gasteiger partial charge in [0.1, 0.15) is 5.82 Å². The third kappa shape index (κ3) is 3.61. The Morgan fingerprint density at radius 3 is 1.95 bits per heavy atom. The van der Waals surface area contributed by atoms with Crippen LogP contribution in [0.5, 0.6) is 0 Å². The Hall–Kier alpha value is -2.88. The molecule has 0 spiro atoms. The summed E-state index contributed by atoms with van der Waals surface area (Å²) in [6.07, 6.45) is 0.857. The lowest BCUT2D eigenvalue weighted by Crippen LogP contribution is -2.03. The second kappa shape index (κ2) is 6.72. The molecule has 0 radical (unpaired) electrons. The van der Waals surface area contributed by atoms with E-state index < -0.39 is 0 Å². The minimum Gasteiger partial charge on any atom is -0.340 e. The number of hydrogen-bond acceptors (Lipinski definition) is 4. The maximum absolute atomic E-state index is 4.54. The highest BCUT2D eigenvalue weighted by atomic mass is 15.1. The third-order valence-corrected chi connectivity index (χ3v) is 3.22. The van der Waals surface area contributed by atoms with E-state index in [0.29, 0.717) is 5.95 Å². The van der Waals surface area contributed by atoms with Crippen molar-refractivity contribution in [2.24, 2.45) is 0 Å². The zero-order chi connectivity index (χ0) is 15.2. The average Bonchev–Trinajstić information content (AvgIpc) is 2.56. The number of anilines is 4. The van der Waals surface area contributed by atoms with Gasteiger partial charge in [-0.05, 0) is 30.7 Å². The van der Waals surface area contributed by atoms with E-state index in [-0.39, 0.29) is 0 Å². The molecule has 3 rings (SSSR count).